The third kappa shape index (κ3) is 3.54. The number of carboxylic acids is 1. The Hall–Kier alpha value is -0.910. The molecule has 0 bridgehead atoms. The minimum absolute atomic E-state index is 0.340. The summed E-state index contributed by atoms with van der Waals surface area (Å²) in [5.74, 6) is -0.894. The summed E-state index contributed by atoms with van der Waals surface area (Å²) in [5, 5.41) is 9.07. The zero-order chi connectivity index (χ0) is 13.0. The fraction of sp³-hybridized carbons (Fsp3) is 0. The molecular formula is C13H9BrO2S2. The van der Waals surface area contributed by atoms with Crippen LogP contribution in [0.1, 0.15) is 10.4 Å². The molecule has 0 aliphatic rings. The highest BCUT2D eigenvalue weighted by Gasteiger charge is 2.09. The van der Waals surface area contributed by atoms with E-state index >= 15 is 0 Å². The Labute approximate surface area is 121 Å². The number of hydrogen-bond donors (Lipinski definition) is 1. The largest absolute Gasteiger partial charge is 0.478 e. The first-order chi connectivity index (χ1) is 8.66. The molecule has 0 amide bonds. The fourth-order valence-electron chi connectivity index (χ4n) is 1.30. The van der Waals surface area contributed by atoms with Crippen molar-refractivity contribution in [3.05, 3.63) is 58.6 Å². The number of hydrogen-bond acceptors (Lipinski definition) is 3. The number of benzene rings is 2. The van der Waals surface area contributed by atoms with E-state index in [-0.39, 0.29) is 0 Å². The molecule has 2 aromatic carbocycles. The van der Waals surface area contributed by atoms with E-state index in [0.29, 0.717) is 5.56 Å². The second kappa shape index (κ2) is 6.31. The van der Waals surface area contributed by atoms with Crippen molar-refractivity contribution in [2.24, 2.45) is 0 Å². The van der Waals surface area contributed by atoms with Crippen LogP contribution in [0.3, 0.4) is 0 Å². The summed E-state index contributed by atoms with van der Waals surface area (Å²) in [6.45, 7) is 0. The van der Waals surface area contributed by atoms with Crippen LogP contribution >= 0.6 is 37.5 Å². The molecule has 0 saturated heterocycles. The van der Waals surface area contributed by atoms with Gasteiger partial charge in [0.25, 0.3) is 0 Å². The molecule has 0 radical (unpaired) electrons. The van der Waals surface area contributed by atoms with Crippen LogP contribution in [0, 0.1) is 0 Å². The van der Waals surface area contributed by atoms with Gasteiger partial charge in [-0.15, -0.1) is 0 Å². The highest BCUT2D eigenvalue weighted by atomic mass is 79.9. The van der Waals surface area contributed by atoms with Crippen molar-refractivity contribution >= 4 is 43.5 Å². The molecule has 2 aromatic rings. The standard InChI is InChI=1S/C13H9BrO2S2/c14-9-5-7-10(8-6-9)17-18-12-4-2-1-3-11(12)13(15)16/h1-8H,(H,15,16). The molecule has 5 heteroatoms. The summed E-state index contributed by atoms with van der Waals surface area (Å²) in [6, 6.07) is 14.9. The lowest BCUT2D eigenvalue weighted by Gasteiger charge is -2.04. The van der Waals surface area contributed by atoms with E-state index in [9.17, 15) is 4.79 Å². The molecule has 0 aliphatic carbocycles. The van der Waals surface area contributed by atoms with Gasteiger partial charge in [0.1, 0.15) is 0 Å². The molecule has 92 valence electrons. The summed E-state index contributed by atoms with van der Waals surface area (Å²) in [6.07, 6.45) is 0. The van der Waals surface area contributed by atoms with Gasteiger partial charge in [-0.25, -0.2) is 4.79 Å². The van der Waals surface area contributed by atoms with Crippen molar-refractivity contribution < 1.29 is 9.90 Å². The number of carbonyl (C=O) groups is 1. The van der Waals surface area contributed by atoms with E-state index in [1.165, 1.54) is 10.8 Å². The smallest absolute Gasteiger partial charge is 0.336 e. The average Bonchev–Trinajstić information content (AvgIpc) is 2.38. The van der Waals surface area contributed by atoms with Crippen LogP contribution in [0.4, 0.5) is 0 Å². The Morgan fingerprint density at radius 3 is 2.33 bits per heavy atom. The van der Waals surface area contributed by atoms with E-state index in [1.54, 1.807) is 22.9 Å². The molecular weight excluding hydrogens is 332 g/mol. The van der Waals surface area contributed by atoms with Gasteiger partial charge in [-0.3, -0.25) is 0 Å². The Bertz CT molecular complexity index is 555. The van der Waals surface area contributed by atoms with E-state index in [4.69, 9.17) is 5.11 Å². The van der Waals surface area contributed by atoms with Crippen molar-refractivity contribution in [2.45, 2.75) is 9.79 Å². The third-order valence-corrected chi connectivity index (χ3v) is 5.14. The molecule has 0 atom stereocenters. The number of halogens is 1. The maximum atomic E-state index is 11.0. The van der Waals surface area contributed by atoms with Crippen LogP contribution in [0.2, 0.25) is 0 Å². The normalized spacial score (nSPS) is 10.3. The van der Waals surface area contributed by atoms with Gasteiger partial charge in [-0.05, 0) is 36.4 Å². The van der Waals surface area contributed by atoms with Crippen molar-refractivity contribution in [2.75, 3.05) is 0 Å². The minimum atomic E-state index is -0.894. The van der Waals surface area contributed by atoms with E-state index < -0.39 is 5.97 Å². The molecule has 0 spiro atoms. The molecule has 2 rings (SSSR count). The predicted octanol–water partition coefficient (Wildman–Crippen LogP) is 4.95. The molecule has 0 unspecified atom stereocenters. The lowest BCUT2D eigenvalue weighted by Crippen LogP contribution is -1.97. The average molecular weight is 341 g/mol. The highest BCUT2D eigenvalue weighted by molar-refractivity contribution is 9.10. The van der Waals surface area contributed by atoms with E-state index in [2.05, 4.69) is 15.9 Å². The lowest BCUT2D eigenvalue weighted by molar-refractivity contribution is 0.0693. The van der Waals surface area contributed by atoms with Gasteiger partial charge in [0.15, 0.2) is 0 Å². The second-order valence-electron chi connectivity index (χ2n) is 3.42. The molecule has 0 aliphatic heterocycles. The first-order valence-electron chi connectivity index (χ1n) is 5.09. The van der Waals surface area contributed by atoms with Gasteiger partial charge in [-0.2, -0.15) is 0 Å². The zero-order valence-electron chi connectivity index (χ0n) is 9.17. The Morgan fingerprint density at radius 2 is 1.67 bits per heavy atom. The van der Waals surface area contributed by atoms with Crippen molar-refractivity contribution in [1.29, 1.82) is 0 Å². The van der Waals surface area contributed by atoms with Crippen LogP contribution in [-0.4, -0.2) is 11.1 Å². The summed E-state index contributed by atoms with van der Waals surface area (Å²) < 4.78 is 1.03. The highest BCUT2D eigenvalue weighted by Crippen LogP contribution is 2.39. The Morgan fingerprint density at radius 1 is 1.00 bits per heavy atom. The van der Waals surface area contributed by atoms with Gasteiger partial charge in [0.05, 0.1) is 5.56 Å². The van der Waals surface area contributed by atoms with Crippen LogP contribution in [0.15, 0.2) is 62.8 Å². The van der Waals surface area contributed by atoms with Crippen molar-refractivity contribution in [1.82, 2.24) is 0 Å². The van der Waals surface area contributed by atoms with Gasteiger partial charge in [0, 0.05) is 14.3 Å². The Balaban J connectivity index is 2.10. The van der Waals surface area contributed by atoms with Gasteiger partial charge < -0.3 is 5.11 Å². The number of carboxylic acid groups (broad SMARTS) is 1. The third-order valence-electron chi connectivity index (χ3n) is 2.16. The molecule has 1 N–H and O–H groups in total. The monoisotopic (exact) mass is 340 g/mol. The van der Waals surface area contributed by atoms with Crippen LogP contribution in [-0.2, 0) is 0 Å². The van der Waals surface area contributed by atoms with Crippen LogP contribution in [0.25, 0.3) is 0 Å². The molecule has 0 heterocycles. The van der Waals surface area contributed by atoms with Gasteiger partial charge in [-0.1, -0.05) is 49.7 Å². The molecule has 0 saturated carbocycles. The summed E-state index contributed by atoms with van der Waals surface area (Å²) in [7, 11) is 3.00. The lowest BCUT2D eigenvalue weighted by atomic mass is 10.2. The van der Waals surface area contributed by atoms with Crippen LogP contribution < -0.4 is 0 Å². The van der Waals surface area contributed by atoms with E-state index in [1.807, 2.05) is 36.4 Å². The van der Waals surface area contributed by atoms with Crippen molar-refractivity contribution in [3.63, 3.8) is 0 Å². The number of aromatic carboxylic acids is 1. The van der Waals surface area contributed by atoms with Gasteiger partial charge >= 0.3 is 5.97 Å². The summed E-state index contributed by atoms with van der Waals surface area (Å²) in [4.78, 5) is 12.9. The van der Waals surface area contributed by atoms with Gasteiger partial charge in [0.2, 0.25) is 0 Å². The molecule has 2 nitrogen and oxygen atoms in total. The molecule has 18 heavy (non-hydrogen) atoms. The summed E-state index contributed by atoms with van der Waals surface area (Å²) in [5.41, 5.74) is 0.340. The number of rotatable bonds is 4. The first kappa shape index (κ1) is 13.5. The maximum absolute atomic E-state index is 11.0. The molecule has 0 fully saturated rings. The minimum Gasteiger partial charge on any atom is -0.478 e. The quantitative estimate of drug-likeness (QED) is 0.799. The van der Waals surface area contributed by atoms with Crippen molar-refractivity contribution in [3.8, 4) is 0 Å². The predicted molar refractivity (Wildman–Crippen MR) is 79.3 cm³/mol. The maximum Gasteiger partial charge on any atom is 0.336 e. The SMILES string of the molecule is O=C(O)c1ccccc1SSc1ccc(Br)cc1. The first-order valence-corrected chi connectivity index (χ1v) is 8.03. The van der Waals surface area contributed by atoms with E-state index in [0.717, 1.165) is 14.3 Å². The Kier molecular flexibility index (Phi) is 4.74. The zero-order valence-corrected chi connectivity index (χ0v) is 12.4. The topological polar surface area (TPSA) is 37.3 Å². The fourth-order valence-corrected chi connectivity index (χ4v) is 3.70. The summed E-state index contributed by atoms with van der Waals surface area (Å²) >= 11 is 3.38. The second-order valence-corrected chi connectivity index (χ2v) is 6.58. The molecule has 0 aromatic heterocycles. The van der Waals surface area contributed by atoms with Crippen LogP contribution in [0.5, 0.6) is 0 Å².